The second kappa shape index (κ2) is 8.16. The van der Waals surface area contributed by atoms with Crippen LogP contribution in [0.3, 0.4) is 0 Å². The van der Waals surface area contributed by atoms with Crippen molar-refractivity contribution in [3.05, 3.63) is 54.1 Å². The van der Waals surface area contributed by atoms with Gasteiger partial charge in [0.2, 0.25) is 0 Å². The second-order valence-electron chi connectivity index (χ2n) is 7.89. The maximum Gasteiger partial charge on any atom is 0.0406 e. The lowest BCUT2D eigenvalue weighted by Gasteiger charge is -2.40. The van der Waals surface area contributed by atoms with E-state index in [1.807, 2.05) is 0 Å². The van der Waals surface area contributed by atoms with E-state index in [2.05, 4.69) is 55.5 Å². The van der Waals surface area contributed by atoms with Crippen LogP contribution in [0.4, 0.5) is 0 Å². The third-order valence-electron chi connectivity index (χ3n) is 6.18. The zero-order valence-corrected chi connectivity index (χ0v) is 15.2. The Morgan fingerprint density at radius 2 is 1.79 bits per heavy atom. The molecule has 0 saturated heterocycles. The van der Waals surface area contributed by atoms with E-state index in [1.165, 1.54) is 62.5 Å². The summed E-state index contributed by atoms with van der Waals surface area (Å²) in [4.78, 5) is 0. The van der Waals surface area contributed by atoms with Crippen LogP contribution in [-0.4, -0.2) is 5.54 Å². The molecule has 130 valence electrons. The Hall–Kier alpha value is -1.34. The minimum absolute atomic E-state index is 0.118. The van der Waals surface area contributed by atoms with Crippen molar-refractivity contribution >= 4 is 5.57 Å². The molecule has 0 radical (unpaired) electrons. The highest BCUT2D eigenvalue weighted by Crippen LogP contribution is 2.40. The average Bonchev–Trinajstić information content (AvgIpc) is 2.64. The largest absolute Gasteiger partial charge is 0.321 e. The summed E-state index contributed by atoms with van der Waals surface area (Å²) in [6.45, 7) is 2.29. The van der Waals surface area contributed by atoms with Crippen molar-refractivity contribution in [2.75, 3.05) is 0 Å². The van der Waals surface area contributed by atoms with Gasteiger partial charge in [-0.25, -0.2) is 0 Å². The molecule has 0 aromatic heterocycles. The average molecular weight is 324 g/mol. The molecule has 24 heavy (non-hydrogen) atoms. The lowest BCUT2D eigenvalue weighted by Crippen LogP contribution is -2.47. The lowest BCUT2D eigenvalue weighted by molar-refractivity contribution is 0.196. The molecular weight excluding hydrogens is 290 g/mol. The predicted octanol–water partition coefficient (Wildman–Crippen LogP) is 6.11. The highest BCUT2D eigenvalue weighted by molar-refractivity contribution is 5.75. The van der Waals surface area contributed by atoms with Crippen LogP contribution in [-0.2, 0) is 0 Å². The summed E-state index contributed by atoms with van der Waals surface area (Å²) in [5.41, 5.74) is 9.32. The molecule has 1 atom stereocenters. The maximum absolute atomic E-state index is 6.81. The minimum Gasteiger partial charge on any atom is -0.321 e. The van der Waals surface area contributed by atoms with Crippen LogP contribution in [0.2, 0.25) is 0 Å². The first-order chi connectivity index (χ1) is 11.7. The van der Waals surface area contributed by atoms with Gasteiger partial charge in [-0.05, 0) is 42.2 Å². The summed E-state index contributed by atoms with van der Waals surface area (Å²) in [5, 5.41) is 0. The molecule has 1 aromatic carbocycles. The second-order valence-corrected chi connectivity index (χ2v) is 7.89. The predicted molar refractivity (Wildman–Crippen MR) is 105 cm³/mol. The first-order valence-electron chi connectivity index (χ1n) is 9.95. The van der Waals surface area contributed by atoms with Gasteiger partial charge in [-0.2, -0.15) is 0 Å². The molecule has 1 aromatic rings. The van der Waals surface area contributed by atoms with Crippen molar-refractivity contribution in [2.24, 2.45) is 17.6 Å². The highest BCUT2D eigenvalue weighted by Gasteiger charge is 2.35. The number of nitrogens with two attached hydrogens (primary N) is 1. The smallest absolute Gasteiger partial charge is 0.0406 e. The van der Waals surface area contributed by atoms with Gasteiger partial charge in [0.05, 0.1) is 0 Å². The third-order valence-corrected chi connectivity index (χ3v) is 6.18. The Kier molecular flexibility index (Phi) is 5.94. The van der Waals surface area contributed by atoms with E-state index in [-0.39, 0.29) is 5.54 Å². The molecule has 0 spiro atoms. The Labute approximate surface area is 148 Å². The van der Waals surface area contributed by atoms with Crippen LogP contribution in [0.25, 0.3) is 5.57 Å². The number of hydrogen-bond acceptors (Lipinski definition) is 1. The van der Waals surface area contributed by atoms with E-state index in [1.54, 1.807) is 0 Å². The van der Waals surface area contributed by atoms with Gasteiger partial charge < -0.3 is 5.73 Å². The van der Waals surface area contributed by atoms with Crippen molar-refractivity contribution < 1.29 is 0 Å². The van der Waals surface area contributed by atoms with Gasteiger partial charge in [0.15, 0.2) is 0 Å². The topological polar surface area (TPSA) is 26.0 Å². The van der Waals surface area contributed by atoms with Crippen molar-refractivity contribution in [1.82, 2.24) is 0 Å². The molecule has 1 saturated carbocycles. The van der Waals surface area contributed by atoms with Gasteiger partial charge in [0.1, 0.15) is 0 Å². The molecule has 1 nitrogen and oxygen atoms in total. The van der Waals surface area contributed by atoms with E-state index in [0.717, 1.165) is 12.3 Å². The van der Waals surface area contributed by atoms with Crippen LogP contribution >= 0.6 is 0 Å². The van der Waals surface area contributed by atoms with Crippen LogP contribution in [0.1, 0.15) is 70.3 Å². The maximum atomic E-state index is 6.81. The Bertz CT molecular complexity index is 563. The van der Waals surface area contributed by atoms with Crippen molar-refractivity contribution in [2.45, 2.75) is 70.3 Å². The van der Waals surface area contributed by atoms with Gasteiger partial charge in [0.25, 0.3) is 0 Å². The van der Waals surface area contributed by atoms with Crippen molar-refractivity contribution in [1.29, 1.82) is 0 Å². The monoisotopic (exact) mass is 323 g/mol. The van der Waals surface area contributed by atoms with Crippen molar-refractivity contribution in [3.8, 4) is 0 Å². The highest BCUT2D eigenvalue weighted by atomic mass is 14.8. The Morgan fingerprint density at radius 3 is 2.42 bits per heavy atom. The summed E-state index contributed by atoms with van der Waals surface area (Å²) in [5.74, 6) is 1.61. The first kappa shape index (κ1) is 17.5. The number of rotatable bonds is 6. The fraction of sp³-hybridized carbons (Fsp3) is 0.565. The SMILES string of the molecule is CCCCCC1CCC(C2(N)C=CC(c3ccccc3)=CC2)CC1. The van der Waals surface area contributed by atoms with Crippen LogP contribution in [0.5, 0.6) is 0 Å². The quantitative estimate of drug-likeness (QED) is 0.628. The molecule has 2 N–H and O–H groups in total. The van der Waals surface area contributed by atoms with Crippen LogP contribution in [0.15, 0.2) is 48.6 Å². The van der Waals surface area contributed by atoms with E-state index in [4.69, 9.17) is 5.73 Å². The fourth-order valence-electron chi connectivity index (χ4n) is 4.49. The molecule has 0 heterocycles. The van der Waals surface area contributed by atoms with Crippen LogP contribution < -0.4 is 5.73 Å². The molecule has 0 amide bonds. The third kappa shape index (κ3) is 4.19. The number of unbranched alkanes of at least 4 members (excludes halogenated alkanes) is 2. The Balaban J connectivity index is 1.54. The lowest BCUT2D eigenvalue weighted by atomic mass is 9.68. The number of allylic oxidation sites excluding steroid dienone is 2. The standard InChI is InChI=1S/C23H33N/c1-2-3-5-8-19-11-13-22(14-12-19)23(24)17-15-21(16-18-23)20-9-6-4-7-10-20/h4,6-7,9-10,15-17,19,22H,2-3,5,8,11-14,18,24H2,1H3. The summed E-state index contributed by atoms with van der Waals surface area (Å²) < 4.78 is 0. The molecule has 0 aliphatic heterocycles. The van der Waals surface area contributed by atoms with E-state index >= 15 is 0 Å². The zero-order chi connectivity index (χ0) is 16.8. The molecule has 2 aliphatic carbocycles. The normalized spacial score (nSPS) is 30.2. The number of hydrogen-bond donors (Lipinski definition) is 1. The minimum atomic E-state index is -0.118. The zero-order valence-electron chi connectivity index (χ0n) is 15.2. The number of benzene rings is 1. The van der Waals surface area contributed by atoms with E-state index in [9.17, 15) is 0 Å². The molecular formula is C23H33N. The van der Waals surface area contributed by atoms with Gasteiger partial charge >= 0.3 is 0 Å². The molecule has 1 heteroatoms. The van der Waals surface area contributed by atoms with E-state index in [0.29, 0.717) is 5.92 Å². The first-order valence-corrected chi connectivity index (χ1v) is 9.95. The summed E-state index contributed by atoms with van der Waals surface area (Å²) in [7, 11) is 0. The molecule has 1 fully saturated rings. The summed E-state index contributed by atoms with van der Waals surface area (Å²) in [6, 6.07) is 10.6. The van der Waals surface area contributed by atoms with Gasteiger partial charge in [0, 0.05) is 5.54 Å². The molecule has 1 unspecified atom stereocenters. The van der Waals surface area contributed by atoms with Gasteiger partial charge in [-0.1, -0.05) is 94.0 Å². The Morgan fingerprint density at radius 1 is 1.04 bits per heavy atom. The summed E-state index contributed by atoms with van der Waals surface area (Å²) in [6.07, 6.45) is 18.9. The fourth-order valence-corrected chi connectivity index (χ4v) is 4.49. The molecule has 2 aliphatic rings. The molecule has 0 bridgehead atoms. The van der Waals surface area contributed by atoms with Crippen molar-refractivity contribution in [3.63, 3.8) is 0 Å². The van der Waals surface area contributed by atoms with Gasteiger partial charge in [-0.15, -0.1) is 0 Å². The van der Waals surface area contributed by atoms with Crippen LogP contribution in [0, 0.1) is 11.8 Å². The summed E-state index contributed by atoms with van der Waals surface area (Å²) >= 11 is 0. The molecule has 3 rings (SSSR count). The van der Waals surface area contributed by atoms with Gasteiger partial charge in [-0.3, -0.25) is 0 Å². The van der Waals surface area contributed by atoms with E-state index < -0.39 is 0 Å².